The Hall–Kier alpha value is -1.18. The first-order valence-electron chi connectivity index (χ1n) is 6.64. The van der Waals surface area contributed by atoms with Crippen LogP contribution in [0, 0.1) is 0 Å². The Morgan fingerprint density at radius 1 is 0.950 bits per heavy atom. The van der Waals surface area contributed by atoms with Crippen LogP contribution in [0.15, 0.2) is 42.5 Å². The Morgan fingerprint density at radius 2 is 1.60 bits per heavy atom. The summed E-state index contributed by atoms with van der Waals surface area (Å²) in [5, 5.41) is 4.80. The third-order valence-corrected chi connectivity index (χ3v) is 3.85. The van der Waals surface area contributed by atoms with Gasteiger partial charge in [-0.05, 0) is 46.9 Å². The molecule has 0 spiro atoms. The van der Waals surface area contributed by atoms with Crippen molar-refractivity contribution >= 4 is 28.9 Å². The molecule has 1 N–H and O–H groups in total. The fourth-order valence-electron chi connectivity index (χ4n) is 1.96. The number of hydrogen-bond donors (Lipinski definition) is 1. The summed E-state index contributed by atoms with van der Waals surface area (Å²) in [5.41, 5.74) is 3.58. The van der Waals surface area contributed by atoms with E-state index in [1.54, 1.807) is 6.07 Å². The molecule has 2 aromatic carbocycles. The molecular formula is C17H19Cl2N. The van der Waals surface area contributed by atoms with Gasteiger partial charge in [-0.1, -0.05) is 56.1 Å². The second kappa shape index (κ2) is 6.07. The largest absolute Gasteiger partial charge is 0.381 e. The van der Waals surface area contributed by atoms with Gasteiger partial charge < -0.3 is 5.32 Å². The van der Waals surface area contributed by atoms with E-state index in [1.165, 1.54) is 5.56 Å². The molecule has 1 nitrogen and oxygen atoms in total. The number of nitrogens with one attached hydrogen (secondary N) is 1. The highest BCUT2D eigenvalue weighted by Gasteiger charge is 2.12. The van der Waals surface area contributed by atoms with Crippen LogP contribution in [-0.4, -0.2) is 0 Å². The zero-order chi connectivity index (χ0) is 14.8. The van der Waals surface area contributed by atoms with Crippen molar-refractivity contribution < 1.29 is 0 Å². The SMILES string of the molecule is CC(C)(C)c1ccc(NCc2cc(Cl)ccc2Cl)cc1. The summed E-state index contributed by atoms with van der Waals surface area (Å²) in [6, 6.07) is 14.0. The van der Waals surface area contributed by atoms with Crippen LogP contribution < -0.4 is 5.32 Å². The smallest absolute Gasteiger partial charge is 0.0456 e. The lowest BCUT2D eigenvalue weighted by molar-refractivity contribution is 0.590. The normalized spacial score (nSPS) is 11.4. The van der Waals surface area contributed by atoms with E-state index in [0.717, 1.165) is 16.3 Å². The molecule has 3 heteroatoms. The average molecular weight is 308 g/mol. The fourth-order valence-corrected chi connectivity index (χ4v) is 2.34. The monoisotopic (exact) mass is 307 g/mol. The molecular weight excluding hydrogens is 289 g/mol. The molecule has 2 rings (SSSR count). The quantitative estimate of drug-likeness (QED) is 0.744. The first-order chi connectivity index (χ1) is 9.36. The van der Waals surface area contributed by atoms with Gasteiger partial charge in [-0.25, -0.2) is 0 Å². The van der Waals surface area contributed by atoms with Gasteiger partial charge in [0.15, 0.2) is 0 Å². The second-order valence-electron chi connectivity index (χ2n) is 5.92. The van der Waals surface area contributed by atoms with Gasteiger partial charge in [-0.15, -0.1) is 0 Å². The molecule has 0 unspecified atom stereocenters. The van der Waals surface area contributed by atoms with Crippen molar-refractivity contribution in [2.75, 3.05) is 5.32 Å². The first kappa shape index (κ1) is 15.2. The van der Waals surface area contributed by atoms with Gasteiger partial charge in [0, 0.05) is 22.3 Å². The Morgan fingerprint density at radius 3 is 2.20 bits per heavy atom. The Bertz CT molecular complexity index is 583. The number of benzene rings is 2. The molecule has 0 aliphatic heterocycles. The van der Waals surface area contributed by atoms with Crippen molar-refractivity contribution in [3.05, 3.63) is 63.6 Å². The second-order valence-corrected chi connectivity index (χ2v) is 6.76. The molecule has 0 fully saturated rings. The van der Waals surface area contributed by atoms with Gasteiger partial charge in [-0.2, -0.15) is 0 Å². The van der Waals surface area contributed by atoms with Crippen molar-refractivity contribution in [2.45, 2.75) is 32.7 Å². The maximum absolute atomic E-state index is 6.15. The van der Waals surface area contributed by atoms with Crippen LogP contribution in [0.2, 0.25) is 10.0 Å². The predicted molar refractivity (Wildman–Crippen MR) is 88.9 cm³/mol. The van der Waals surface area contributed by atoms with Crippen molar-refractivity contribution in [1.82, 2.24) is 0 Å². The fraction of sp³-hybridized carbons (Fsp3) is 0.294. The maximum atomic E-state index is 6.15. The van der Waals surface area contributed by atoms with E-state index in [-0.39, 0.29) is 5.41 Å². The van der Waals surface area contributed by atoms with E-state index in [0.29, 0.717) is 11.6 Å². The minimum absolute atomic E-state index is 0.175. The zero-order valence-electron chi connectivity index (χ0n) is 12.0. The third-order valence-electron chi connectivity index (χ3n) is 3.24. The molecule has 0 radical (unpaired) electrons. The number of rotatable bonds is 3. The van der Waals surface area contributed by atoms with E-state index in [4.69, 9.17) is 23.2 Å². The van der Waals surface area contributed by atoms with E-state index in [9.17, 15) is 0 Å². The lowest BCUT2D eigenvalue weighted by atomic mass is 9.87. The Balaban J connectivity index is 2.06. The van der Waals surface area contributed by atoms with Crippen LogP contribution in [0.3, 0.4) is 0 Å². The highest BCUT2D eigenvalue weighted by Crippen LogP contribution is 2.25. The summed E-state index contributed by atoms with van der Waals surface area (Å²) >= 11 is 12.1. The highest BCUT2D eigenvalue weighted by molar-refractivity contribution is 6.33. The van der Waals surface area contributed by atoms with Crippen LogP contribution in [0.1, 0.15) is 31.9 Å². The van der Waals surface area contributed by atoms with Crippen molar-refractivity contribution in [3.63, 3.8) is 0 Å². The van der Waals surface area contributed by atoms with E-state index in [1.807, 2.05) is 12.1 Å². The molecule has 0 amide bonds. The highest BCUT2D eigenvalue weighted by atomic mass is 35.5. The van der Waals surface area contributed by atoms with Crippen molar-refractivity contribution in [1.29, 1.82) is 0 Å². The van der Waals surface area contributed by atoms with Crippen LogP contribution in [0.25, 0.3) is 0 Å². The standard InChI is InChI=1S/C17H19Cl2N/c1-17(2,3)13-4-7-15(8-5-13)20-11-12-10-14(18)6-9-16(12)19/h4-10,20H,11H2,1-3H3. The lowest BCUT2D eigenvalue weighted by Gasteiger charge is -2.19. The Kier molecular flexibility index (Phi) is 4.62. The van der Waals surface area contributed by atoms with Crippen molar-refractivity contribution in [3.8, 4) is 0 Å². The zero-order valence-corrected chi connectivity index (χ0v) is 13.5. The Labute approximate surface area is 130 Å². The predicted octanol–water partition coefficient (Wildman–Crippen LogP) is 5.90. The van der Waals surface area contributed by atoms with Crippen LogP contribution >= 0.6 is 23.2 Å². The summed E-state index contributed by atoms with van der Waals surface area (Å²) in [7, 11) is 0. The van der Waals surface area contributed by atoms with Crippen molar-refractivity contribution in [2.24, 2.45) is 0 Å². The van der Waals surface area contributed by atoms with Crippen LogP contribution in [0.4, 0.5) is 5.69 Å². The van der Waals surface area contributed by atoms with E-state index < -0.39 is 0 Å². The minimum Gasteiger partial charge on any atom is -0.381 e. The number of halogens is 2. The average Bonchev–Trinajstić information content (AvgIpc) is 2.39. The van der Waals surface area contributed by atoms with Crippen LogP contribution in [0.5, 0.6) is 0 Å². The summed E-state index contributed by atoms with van der Waals surface area (Å²) in [5.74, 6) is 0. The van der Waals surface area contributed by atoms with Gasteiger partial charge in [0.25, 0.3) is 0 Å². The summed E-state index contributed by atoms with van der Waals surface area (Å²) in [4.78, 5) is 0. The van der Waals surface area contributed by atoms with Gasteiger partial charge in [0.2, 0.25) is 0 Å². The first-order valence-corrected chi connectivity index (χ1v) is 7.40. The van der Waals surface area contributed by atoms with Gasteiger partial charge in [0.1, 0.15) is 0 Å². The van der Waals surface area contributed by atoms with Gasteiger partial charge >= 0.3 is 0 Å². The molecule has 0 saturated carbocycles. The topological polar surface area (TPSA) is 12.0 Å². The van der Waals surface area contributed by atoms with Gasteiger partial charge in [0.05, 0.1) is 0 Å². The minimum atomic E-state index is 0.175. The molecule has 0 aromatic heterocycles. The molecule has 0 bridgehead atoms. The molecule has 2 aromatic rings. The molecule has 106 valence electrons. The molecule has 0 atom stereocenters. The lowest BCUT2D eigenvalue weighted by Crippen LogP contribution is -2.10. The summed E-state index contributed by atoms with van der Waals surface area (Å²) in [6.07, 6.45) is 0. The van der Waals surface area contributed by atoms with E-state index >= 15 is 0 Å². The summed E-state index contributed by atoms with van der Waals surface area (Å²) < 4.78 is 0. The number of anilines is 1. The molecule has 0 heterocycles. The molecule has 0 aliphatic carbocycles. The van der Waals surface area contributed by atoms with Gasteiger partial charge in [-0.3, -0.25) is 0 Å². The van der Waals surface area contributed by atoms with E-state index in [2.05, 4.69) is 50.4 Å². The number of hydrogen-bond acceptors (Lipinski definition) is 1. The molecule has 0 saturated heterocycles. The third kappa shape index (κ3) is 3.91. The maximum Gasteiger partial charge on any atom is 0.0456 e. The summed E-state index contributed by atoms with van der Waals surface area (Å²) in [6.45, 7) is 7.29. The van der Waals surface area contributed by atoms with Crippen LogP contribution in [-0.2, 0) is 12.0 Å². The molecule has 0 aliphatic rings. The molecule has 20 heavy (non-hydrogen) atoms.